The van der Waals surface area contributed by atoms with E-state index in [-0.39, 0.29) is 31.0 Å². The third-order valence-corrected chi connectivity index (χ3v) is 6.88. The Bertz CT molecular complexity index is 855. The molecule has 0 bridgehead atoms. The lowest BCUT2D eigenvalue weighted by Crippen LogP contribution is -2.66. The van der Waals surface area contributed by atoms with E-state index in [1.54, 1.807) is 4.90 Å². The van der Waals surface area contributed by atoms with Crippen molar-refractivity contribution in [3.8, 4) is 17.9 Å². The van der Waals surface area contributed by atoms with E-state index in [0.29, 0.717) is 26.3 Å². The summed E-state index contributed by atoms with van der Waals surface area (Å²) < 4.78 is 5.33. The second-order valence-corrected chi connectivity index (χ2v) is 8.82. The van der Waals surface area contributed by atoms with Gasteiger partial charge in [0.1, 0.15) is 6.04 Å². The molecule has 3 fully saturated rings. The van der Waals surface area contributed by atoms with Crippen molar-refractivity contribution in [3.05, 3.63) is 35.4 Å². The number of morpholine rings is 1. The molecular formula is C25H31N3O3. The van der Waals surface area contributed by atoms with Gasteiger partial charge in [0.05, 0.1) is 38.5 Å². The molecule has 2 heterocycles. The largest absolute Gasteiger partial charge is 0.394 e. The van der Waals surface area contributed by atoms with Crippen LogP contribution in [-0.2, 0) is 9.53 Å². The normalized spacial score (nSPS) is 26.6. The molecule has 2 aliphatic heterocycles. The number of likely N-dealkylation sites (tertiary alicyclic amines) is 1. The number of nitrogens with zero attached hydrogens (tertiary/aromatic N) is 3. The zero-order valence-electron chi connectivity index (χ0n) is 18.0. The SMILES string of the molecule is N#C[C@H]1[C@@H](c2ccc(C#CCC3CCCC3)cc2)[C@H](CO)N1C(=O)CN1CCOCC1. The highest BCUT2D eigenvalue weighted by Crippen LogP contribution is 2.40. The van der Waals surface area contributed by atoms with E-state index in [4.69, 9.17) is 4.74 Å². The third kappa shape index (κ3) is 4.93. The van der Waals surface area contributed by atoms with Gasteiger partial charge in [0.2, 0.25) is 5.91 Å². The first-order valence-corrected chi connectivity index (χ1v) is 11.4. The van der Waals surface area contributed by atoms with Gasteiger partial charge in [-0.05, 0) is 36.5 Å². The summed E-state index contributed by atoms with van der Waals surface area (Å²) in [6, 6.07) is 9.31. The van der Waals surface area contributed by atoms with Crippen molar-refractivity contribution in [1.29, 1.82) is 5.26 Å². The van der Waals surface area contributed by atoms with Gasteiger partial charge in [-0.15, -0.1) is 0 Å². The quantitative estimate of drug-likeness (QED) is 0.737. The molecule has 0 radical (unpaired) electrons. The van der Waals surface area contributed by atoms with Gasteiger partial charge in [-0.2, -0.15) is 5.26 Å². The topological polar surface area (TPSA) is 76.8 Å². The number of benzene rings is 1. The van der Waals surface area contributed by atoms with Crippen LogP contribution in [0, 0.1) is 29.1 Å². The fraction of sp³-hybridized carbons (Fsp3) is 0.600. The molecule has 2 saturated heterocycles. The van der Waals surface area contributed by atoms with Crippen LogP contribution >= 0.6 is 0 Å². The van der Waals surface area contributed by atoms with Crippen LogP contribution in [0.5, 0.6) is 0 Å². The summed E-state index contributed by atoms with van der Waals surface area (Å²) >= 11 is 0. The summed E-state index contributed by atoms with van der Waals surface area (Å²) in [5.74, 6) is 7.04. The zero-order chi connectivity index (χ0) is 21.6. The van der Waals surface area contributed by atoms with Crippen LogP contribution in [0.2, 0.25) is 0 Å². The maximum absolute atomic E-state index is 12.9. The predicted molar refractivity (Wildman–Crippen MR) is 117 cm³/mol. The molecule has 1 amide bonds. The number of aliphatic hydroxyl groups excluding tert-OH is 1. The van der Waals surface area contributed by atoms with Crippen LogP contribution in [0.3, 0.4) is 0 Å². The van der Waals surface area contributed by atoms with Crippen molar-refractivity contribution in [2.24, 2.45) is 5.92 Å². The Morgan fingerprint density at radius 3 is 2.52 bits per heavy atom. The number of amides is 1. The third-order valence-electron chi connectivity index (χ3n) is 6.88. The number of hydrogen-bond donors (Lipinski definition) is 1. The molecule has 0 spiro atoms. The Morgan fingerprint density at radius 2 is 1.87 bits per heavy atom. The minimum absolute atomic E-state index is 0.0989. The Morgan fingerprint density at radius 1 is 1.16 bits per heavy atom. The lowest BCUT2D eigenvalue weighted by Gasteiger charge is -2.52. The highest BCUT2D eigenvalue weighted by atomic mass is 16.5. The van der Waals surface area contributed by atoms with Crippen molar-refractivity contribution >= 4 is 5.91 Å². The number of hydrogen-bond acceptors (Lipinski definition) is 5. The average molecular weight is 422 g/mol. The molecule has 1 aliphatic carbocycles. The summed E-state index contributed by atoms with van der Waals surface area (Å²) in [4.78, 5) is 16.5. The molecule has 4 rings (SSSR count). The molecule has 3 aliphatic rings. The fourth-order valence-corrected chi connectivity index (χ4v) is 5.08. The second-order valence-electron chi connectivity index (χ2n) is 8.82. The van der Waals surface area contributed by atoms with E-state index < -0.39 is 6.04 Å². The van der Waals surface area contributed by atoms with E-state index in [2.05, 4.69) is 17.9 Å². The molecule has 1 aromatic rings. The van der Waals surface area contributed by atoms with Crippen LogP contribution in [0.4, 0.5) is 0 Å². The Hall–Kier alpha value is -2.38. The minimum Gasteiger partial charge on any atom is -0.394 e. The summed E-state index contributed by atoms with van der Waals surface area (Å²) in [6.45, 7) is 2.79. The van der Waals surface area contributed by atoms with Gasteiger partial charge in [0.15, 0.2) is 0 Å². The van der Waals surface area contributed by atoms with Gasteiger partial charge in [-0.1, -0.05) is 36.8 Å². The van der Waals surface area contributed by atoms with Crippen molar-refractivity contribution in [3.63, 3.8) is 0 Å². The Kier molecular flexibility index (Phi) is 7.25. The molecule has 0 aromatic heterocycles. The molecule has 6 heteroatoms. The number of carbonyl (C=O) groups is 1. The second kappa shape index (κ2) is 10.3. The van der Waals surface area contributed by atoms with Gasteiger partial charge in [-0.25, -0.2) is 0 Å². The fourth-order valence-electron chi connectivity index (χ4n) is 5.08. The first-order chi connectivity index (χ1) is 15.2. The van der Waals surface area contributed by atoms with Crippen molar-refractivity contribution in [2.75, 3.05) is 39.5 Å². The summed E-state index contributed by atoms with van der Waals surface area (Å²) in [5.41, 5.74) is 1.94. The molecule has 3 atom stereocenters. The van der Waals surface area contributed by atoms with Gasteiger partial charge >= 0.3 is 0 Å². The maximum atomic E-state index is 12.9. The highest BCUT2D eigenvalue weighted by molar-refractivity contribution is 5.81. The average Bonchev–Trinajstić information content (AvgIpc) is 3.29. The van der Waals surface area contributed by atoms with Crippen LogP contribution in [-0.4, -0.2) is 72.4 Å². The molecule has 1 saturated carbocycles. The monoisotopic (exact) mass is 421 g/mol. The Labute approximate surface area is 184 Å². The van der Waals surface area contributed by atoms with Gasteiger partial charge in [0, 0.05) is 31.0 Å². The smallest absolute Gasteiger partial charge is 0.238 e. The molecule has 6 nitrogen and oxygen atoms in total. The number of carbonyl (C=O) groups excluding carboxylic acids is 1. The first kappa shape index (κ1) is 21.8. The zero-order valence-corrected chi connectivity index (χ0v) is 18.0. The number of rotatable bonds is 5. The maximum Gasteiger partial charge on any atom is 0.238 e. The molecule has 1 N–H and O–H groups in total. The molecular weight excluding hydrogens is 390 g/mol. The van der Waals surface area contributed by atoms with Crippen molar-refractivity contribution < 1.29 is 14.6 Å². The van der Waals surface area contributed by atoms with E-state index in [1.807, 2.05) is 29.2 Å². The minimum atomic E-state index is -0.551. The van der Waals surface area contributed by atoms with E-state index in [9.17, 15) is 15.2 Å². The van der Waals surface area contributed by atoms with Crippen LogP contribution in [0.25, 0.3) is 0 Å². The van der Waals surface area contributed by atoms with E-state index >= 15 is 0 Å². The van der Waals surface area contributed by atoms with Gasteiger partial charge < -0.3 is 14.7 Å². The standard InChI is InChI=1S/C25H31N3O3/c26-16-22-25(23(18-29)28(22)24(30)17-27-12-14-31-15-13-27)21-10-8-20(9-11-21)7-3-6-19-4-1-2-5-19/h8-11,19,22-23,25,29H,1-2,4-6,12-15,17-18H2/t22-,23-,25+/m0/s1. The molecule has 31 heavy (non-hydrogen) atoms. The van der Waals surface area contributed by atoms with Crippen LogP contribution < -0.4 is 0 Å². The first-order valence-electron chi connectivity index (χ1n) is 11.4. The lowest BCUT2D eigenvalue weighted by molar-refractivity contribution is -0.149. The highest BCUT2D eigenvalue weighted by Gasteiger charge is 2.51. The molecule has 1 aromatic carbocycles. The summed E-state index contributed by atoms with van der Waals surface area (Å²) in [7, 11) is 0. The summed E-state index contributed by atoms with van der Waals surface area (Å²) in [6.07, 6.45) is 6.23. The lowest BCUT2D eigenvalue weighted by atomic mass is 9.75. The molecule has 0 unspecified atom stereocenters. The van der Waals surface area contributed by atoms with E-state index in [0.717, 1.165) is 23.5 Å². The number of aliphatic hydroxyl groups is 1. The van der Waals surface area contributed by atoms with Gasteiger partial charge in [0.25, 0.3) is 0 Å². The van der Waals surface area contributed by atoms with E-state index in [1.165, 1.54) is 25.7 Å². The number of nitriles is 1. The number of ether oxygens (including phenoxy) is 1. The summed E-state index contributed by atoms with van der Waals surface area (Å²) in [5, 5.41) is 19.7. The predicted octanol–water partition coefficient (Wildman–Crippen LogP) is 2.13. The van der Waals surface area contributed by atoms with Crippen LogP contribution in [0.15, 0.2) is 24.3 Å². The molecule has 164 valence electrons. The van der Waals surface area contributed by atoms with Crippen molar-refractivity contribution in [1.82, 2.24) is 9.80 Å². The van der Waals surface area contributed by atoms with Crippen molar-refractivity contribution in [2.45, 2.75) is 50.1 Å². The van der Waals surface area contributed by atoms with Crippen LogP contribution in [0.1, 0.15) is 49.1 Å². The van der Waals surface area contributed by atoms with Gasteiger partial charge in [-0.3, -0.25) is 9.69 Å². The Balaban J connectivity index is 1.39.